The lowest BCUT2D eigenvalue weighted by Gasteiger charge is -2.47. The van der Waals surface area contributed by atoms with Gasteiger partial charge < -0.3 is 14.5 Å². The zero-order chi connectivity index (χ0) is 28.7. The van der Waals surface area contributed by atoms with E-state index >= 15 is 4.39 Å². The lowest BCUT2D eigenvalue weighted by molar-refractivity contribution is -0.137. The molecule has 13 heteroatoms. The second-order valence-electron chi connectivity index (χ2n) is 10.2. The van der Waals surface area contributed by atoms with Crippen LogP contribution in [0.5, 0.6) is 5.75 Å². The average Bonchev–Trinajstić information content (AvgIpc) is 2.92. The average molecular weight is 580 g/mol. The smallest absolute Gasteiger partial charge is 0.416 e. The molecule has 0 unspecified atom stereocenters. The molecule has 2 heterocycles. The Bertz CT molecular complexity index is 1470. The number of aromatic nitrogens is 2. The van der Waals surface area contributed by atoms with Gasteiger partial charge in [0.25, 0.3) is 10.0 Å². The molecule has 2 aliphatic rings. The molecule has 1 saturated carbocycles. The third kappa shape index (κ3) is 5.71. The van der Waals surface area contributed by atoms with E-state index in [0.29, 0.717) is 37.1 Å². The first-order chi connectivity index (χ1) is 18.9. The molecular formula is C27H29F4N5O3S. The highest BCUT2D eigenvalue weighted by atomic mass is 32.2. The number of nitrogens with zero attached hydrogens (tertiary/aromatic N) is 4. The van der Waals surface area contributed by atoms with Gasteiger partial charge in [-0.3, -0.25) is 4.72 Å². The largest absolute Gasteiger partial charge is 0.490 e. The number of sulfonamides is 1. The first-order valence-electron chi connectivity index (χ1n) is 12.8. The van der Waals surface area contributed by atoms with Crippen molar-refractivity contribution in [1.82, 2.24) is 14.9 Å². The SMILES string of the molecule is CN(C)[C@H]1C[C@@H](c2cccc(C(F)(F)F)c2)CC[C@@H]1N1CCOc2cc(S(=O)(=O)Nc3ccncn3)c(F)cc21. The minimum atomic E-state index is -4.41. The van der Waals surface area contributed by atoms with Crippen molar-refractivity contribution in [3.8, 4) is 5.75 Å². The fraction of sp³-hybridized carbons (Fsp3) is 0.407. The minimum Gasteiger partial charge on any atom is -0.490 e. The van der Waals surface area contributed by atoms with Crippen molar-refractivity contribution in [2.75, 3.05) is 36.9 Å². The van der Waals surface area contributed by atoms with Crippen molar-refractivity contribution in [3.63, 3.8) is 0 Å². The maximum absolute atomic E-state index is 15.4. The summed E-state index contributed by atoms with van der Waals surface area (Å²) < 4.78 is 89.2. The van der Waals surface area contributed by atoms with E-state index in [4.69, 9.17) is 4.74 Å². The van der Waals surface area contributed by atoms with Crippen LogP contribution in [0.1, 0.15) is 36.3 Å². The number of hydrogen-bond acceptors (Lipinski definition) is 7. The van der Waals surface area contributed by atoms with Crippen molar-refractivity contribution in [2.24, 2.45) is 0 Å². The van der Waals surface area contributed by atoms with Crippen molar-refractivity contribution in [1.29, 1.82) is 0 Å². The molecule has 1 fully saturated rings. The Balaban J connectivity index is 1.41. The van der Waals surface area contributed by atoms with Crippen LogP contribution in [-0.2, 0) is 16.2 Å². The summed E-state index contributed by atoms with van der Waals surface area (Å²) in [6, 6.07) is 9.07. The molecule has 1 aliphatic heterocycles. The topological polar surface area (TPSA) is 87.7 Å². The highest BCUT2D eigenvalue weighted by Gasteiger charge is 2.39. The normalized spacial score (nSPS) is 21.6. The lowest BCUT2D eigenvalue weighted by atomic mass is 9.77. The molecule has 0 bridgehead atoms. The number of benzene rings is 2. The van der Waals surface area contributed by atoms with Gasteiger partial charge in [0, 0.05) is 30.4 Å². The van der Waals surface area contributed by atoms with E-state index in [1.54, 1.807) is 6.07 Å². The summed E-state index contributed by atoms with van der Waals surface area (Å²) in [6.07, 6.45) is 0.0415. The van der Waals surface area contributed by atoms with E-state index in [1.807, 2.05) is 23.9 Å². The number of rotatable bonds is 6. The second kappa shape index (κ2) is 10.8. The molecule has 0 spiro atoms. The predicted molar refractivity (Wildman–Crippen MR) is 141 cm³/mol. The number of nitrogens with one attached hydrogen (secondary N) is 1. The van der Waals surface area contributed by atoms with Gasteiger partial charge >= 0.3 is 6.18 Å². The molecule has 8 nitrogen and oxygen atoms in total. The number of alkyl halides is 3. The molecule has 3 aromatic rings. The molecule has 1 aliphatic carbocycles. The summed E-state index contributed by atoms with van der Waals surface area (Å²) >= 11 is 0. The lowest BCUT2D eigenvalue weighted by Crippen LogP contribution is -2.54. The molecule has 0 amide bonds. The van der Waals surface area contributed by atoms with Crippen LogP contribution >= 0.6 is 0 Å². The van der Waals surface area contributed by atoms with Gasteiger partial charge in [-0.05, 0) is 57.0 Å². The van der Waals surface area contributed by atoms with E-state index in [1.165, 1.54) is 42.9 Å². The van der Waals surface area contributed by atoms with Gasteiger partial charge in [-0.2, -0.15) is 13.2 Å². The van der Waals surface area contributed by atoms with Crippen LogP contribution in [0.15, 0.2) is 59.9 Å². The summed E-state index contributed by atoms with van der Waals surface area (Å²) in [7, 11) is -0.460. The van der Waals surface area contributed by atoms with Gasteiger partial charge in [-0.15, -0.1) is 0 Å². The molecule has 1 N–H and O–H groups in total. The van der Waals surface area contributed by atoms with Crippen LogP contribution in [0.25, 0.3) is 0 Å². The molecule has 5 rings (SSSR count). The van der Waals surface area contributed by atoms with Crippen molar-refractivity contribution in [2.45, 2.75) is 48.3 Å². The Morgan fingerprint density at radius 1 is 1.12 bits per heavy atom. The molecule has 1 aromatic heterocycles. The Kier molecular flexibility index (Phi) is 7.62. The van der Waals surface area contributed by atoms with Crippen molar-refractivity contribution in [3.05, 3.63) is 71.9 Å². The molecular weight excluding hydrogens is 550 g/mol. The van der Waals surface area contributed by atoms with Gasteiger partial charge in [0.2, 0.25) is 0 Å². The Morgan fingerprint density at radius 2 is 1.93 bits per heavy atom. The van der Waals surface area contributed by atoms with Crippen molar-refractivity contribution < 1.29 is 30.7 Å². The molecule has 3 atom stereocenters. The first-order valence-corrected chi connectivity index (χ1v) is 14.3. The maximum atomic E-state index is 15.4. The van der Waals surface area contributed by atoms with Gasteiger partial charge in [0.1, 0.15) is 35.2 Å². The zero-order valence-corrected chi connectivity index (χ0v) is 22.7. The summed E-state index contributed by atoms with van der Waals surface area (Å²) in [5.41, 5.74) is 0.435. The molecule has 0 saturated heterocycles. The number of anilines is 2. The molecule has 2 aromatic carbocycles. The number of halogens is 4. The second-order valence-corrected chi connectivity index (χ2v) is 11.9. The van der Waals surface area contributed by atoms with Gasteiger partial charge in [0.15, 0.2) is 0 Å². The maximum Gasteiger partial charge on any atom is 0.416 e. The zero-order valence-electron chi connectivity index (χ0n) is 21.9. The summed E-state index contributed by atoms with van der Waals surface area (Å²) in [4.78, 5) is 11.1. The number of hydrogen-bond donors (Lipinski definition) is 1. The molecule has 214 valence electrons. The number of fused-ring (bicyclic) bond motifs is 1. The highest BCUT2D eigenvalue weighted by molar-refractivity contribution is 7.92. The number of ether oxygens (including phenoxy) is 1. The Labute approximate surface area is 230 Å². The standard InChI is InChI=1S/C27H29F4N5O3S/c1-35(2)22-13-18(17-4-3-5-19(12-17)27(29,30)31)6-7-21(22)36-10-11-39-24-15-25(20(28)14-23(24)36)40(37,38)34-26-8-9-32-16-33-26/h3-5,8-9,12,14-16,18,21-22H,6-7,10-11,13H2,1-2H3,(H,32,33,34)/t18-,21-,22-/m0/s1. The van der Waals surface area contributed by atoms with E-state index < -0.39 is 32.5 Å². The minimum absolute atomic E-state index is 0.000945. The summed E-state index contributed by atoms with van der Waals surface area (Å²) in [5.74, 6) is -0.757. The third-order valence-corrected chi connectivity index (χ3v) is 8.92. The highest BCUT2D eigenvalue weighted by Crippen LogP contribution is 2.43. The first kappa shape index (κ1) is 28.1. The van der Waals surface area contributed by atoms with E-state index in [0.717, 1.165) is 6.07 Å². The monoisotopic (exact) mass is 579 g/mol. The van der Waals surface area contributed by atoms with Crippen LogP contribution in [0, 0.1) is 5.82 Å². The van der Waals surface area contributed by atoms with E-state index in [9.17, 15) is 21.6 Å². The summed E-state index contributed by atoms with van der Waals surface area (Å²) in [6.45, 7) is 0.728. The van der Waals surface area contributed by atoms with Crippen LogP contribution in [-0.4, -0.2) is 62.6 Å². The Hall–Kier alpha value is -3.45. The van der Waals surface area contributed by atoms with Gasteiger partial charge in [0.05, 0.1) is 17.8 Å². The number of likely N-dealkylation sites (N-methyl/N-ethyl adjacent to an activating group) is 1. The Morgan fingerprint density at radius 3 is 2.62 bits per heavy atom. The van der Waals surface area contributed by atoms with E-state index in [2.05, 4.69) is 14.7 Å². The van der Waals surface area contributed by atoms with Gasteiger partial charge in [-0.25, -0.2) is 22.8 Å². The quantitative estimate of drug-likeness (QED) is 0.416. The fourth-order valence-corrected chi connectivity index (χ4v) is 6.74. The fourth-order valence-electron chi connectivity index (χ4n) is 5.65. The molecule has 0 radical (unpaired) electrons. The van der Waals surface area contributed by atoms with Crippen molar-refractivity contribution >= 4 is 21.5 Å². The van der Waals surface area contributed by atoms with Crippen LogP contribution in [0.2, 0.25) is 0 Å². The van der Waals surface area contributed by atoms with Crippen LogP contribution in [0.3, 0.4) is 0 Å². The predicted octanol–water partition coefficient (Wildman–Crippen LogP) is 4.90. The van der Waals surface area contributed by atoms with Crippen LogP contribution in [0.4, 0.5) is 29.1 Å². The van der Waals surface area contributed by atoms with Crippen LogP contribution < -0.4 is 14.4 Å². The van der Waals surface area contributed by atoms with Gasteiger partial charge in [-0.1, -0.05) is 18.2 Å². The molecule has 40 heavy (non-hydrogen) atoms. The van der Waals surface area contributed by atoms with E-state index in [-0.39, 0.29) is 36.2 Å². The summed E-state index contributed by atoms with van der Waals surface area (Å²) in [5, 5.41) is 0. The third-order valence-electron chi connectivity index (χ3n) is 7.55.